The second-order valence-corrected chi connectivity index (χ2v) is 11.2. The van der Waals surface area contributed by atoms with E-state index in [2.05, 4.69) is 25.6 Å². The van der Waals surface area contributed by atoms with Crippen molar-refractivity contribution in [1.29, 1.82) is 0 Å². The Morgan fingerprint density at radius 1 is 1.12 bits per heavy atom. The molecule has 5 rings (SSSR count). The van der Waals surface area contributed by atoms with Crippen LogP contribution in [-0.4, -0.2) is 108 Å². The number of hydrogen-bond donors (Lipinski definition) is 1. The van der Waals surface area contributed by atoms with Crippen LogP contribution in [-0.2, 0) is 21.0 Å². The van der Waals surface area contributed by atoms with Gasteiger partial charge in [0.2, 0.25) is 5.95 Å². The molecule has 1 unspecified atom stereocenters. The maximum atomic E-state index is 12.2. The van der Waals surface area contributed by atoms with E-state index in [1.54, 1.807) is 23.2 Å². The van der Waals surface area contributed by atoms with Crippen LogP contribution in [0.3, 0.4) is 0 Å². The summed E-state index contributed by atoms with van der Waals surface area (Å²) >= 11 is 6.76. The predicted molar refractivity (Wildman–Crippen MR) is 132 cm³/mol. The Balaban J connectivity index is 1.49. The third kappa shape index (κ3) is 4.66. The summed E-state index contributed by atoms with van der Waals surface area (Å²) in [7, 11) is -2.19. The van der Waals surface area contributed by atoms with Crippen molar-refractivity contribution in [1.82, 2.24) is 38.8 Å². The molecule has 2 saturated heterocycles. The van der Waals surface area contributed by atoms with E-state index in [-0.39, 0.29) is 5.95 Å². The van der Waals surface area contributed by atoms with E-state index in [4.69, 9.17) is 37.1 Å². The Labute approximate surface area is 202 Å². The van der Waals surface area contributed by atoms with Crippen molar-refractivity contribution in [3.63, 3.8) is 0 Å². The summed E-state index contributed by atoms with van der Waals surface area (Å²) in [6, 6.07) is 0. The number of fused-ring (bicyclic) bond motifs is 1. The molecule has 0 amide bonds. The second kappa shape index (κ2) is 9.23. The molecule has 0 radical (unpaired) electrons. The highest BCUT2D eigenvalue weighted by atomic mass is 35.5. The number of anilines is 2. The van der Waals surface area contributed by atoms with Crippen molar-refractivity contribution < 1.29 is 8.95 Å². The summed E-state index contributed by atoms with van der Waals surface area (Å²) in [4.78, 5) is 22.2. The highest BCUT2D eigenvalue weighted by Crippen LogP contribution is 2.31. The highest BCUT2D eigenvalue weighted by molar-refractivity contribution is 7.97. The van der Waals surface area contributed by atoms with Gasteiger partial charge in [-0.1, -0.05) is 11.6 Å². The van der Waals surface area contributed by atoms with Gasteiger partial charge in [-0.2, -0.15) is 4.52 Å². The molecule has 14 heteroatoms. The number of halogens is 1. The zero-order valence-corrected chi connectivity index (χ0v) is 20.5. The van der Waals surface area contributed by atoms with Crippen LogP contribution in [0.2, 0.25) is 5.15 Å². The largest absolute Gasteiger partial charge is 0.378 e. The van der Waals surface area contributed by atoms with Gasteiger partial charge in [0.15, 0.2) is 22.4 Å². The van der Waals surface area contributed by atoms with Crippen molar-refractivity contribution in [3.8, 4) is 11.3 Å². The van der Waals surface area contributed by atoms with Crippen molar-refractivity contribution >= 4 is 44.6 Å². The molecule has 2 aliphatic heterocycles. The van der Waals surface area contributed by atoms with E-state index in [0.717, 1.165) is 13.1 Å². The summed E-state index contributed by atoms with van der Waals surface area (Å²) in [5, 5.41) is 5.05. The van der Waals surface area contributed by atoms with Gasteiger partial charge >= 0.3 is 0 Å². The maximum Gasteiger partial charge on any atom is 0.219 e. The molecule has 0 aliphatic carbocycles. The number of rotatable bonds is 5. The van der Waals surface area contributed by atoms with Gasteiger partial charge in [-0.15, -0.1) is 5.10 Å². The van der Waals surface area contributed by atoms with Crippen LogP contribution in [0.5, 0.6) is 0 Å². The fourth-order valence-electron chi connectivity index (χ4n) is 4.11. The molecule has 2 aliphatic rings. The van der Waals surface area contributed by atoms with E-state index >= 15 is 0 Å². The van der Waals surface area contributed by atoms with Crippen LogP contribution in [0.1, 0.15) is 5.82 Å². The van der Waals surface area contributed by atoms with Crippen molar-refractivity contribution in [3.05, 3.63) is 23.4 Å². The number of nitrogen functional groups attached to an aromatic ring is 1. The molecule has 0 aromatic carbocycles. The molecule has 34 heavy (non-hydrogen) atoms. The van der Waals surface area contributed by atoms with Gasteiger partial charge < -0.3 is 15.4 Å². The normalized spacial score (nSPS) is 20.0. The lowest BCUT2D eigenvalue weighted by Gasteiger charge is -2.34. The minimum atomic E-state index is -2.19. The molecule has 0 spiro atoms. The SMILES string of the molecule is C=S(C)(=O)N1CCN(Cc2nc3c(N4CCOCC4)nc(-c4cnc(N)nc4)c(Cl)n3n2)CC1. The minimum Gasteiger partial charge on any atom is -0.378 e. The van der Waals surface area contributed by atoms with Crippen LogP contribution in [0.4, 0.5) is 11.8 Å². The third-order valence-corrected chi connectivity index (χ3v) is 7.75. The Kier molecular flexibility index (Phi) is 6.29. The summed E-state index contributed by atoms with van der Waals surface area (Å²) in [5.74, 6) is 5.29. The Morgan fingerprint density at radius 3 is 2.44 bits per heavy atom. The van der Waals surface area contributed by atoms with E-state index in [0.29, 0.717) is 79.6 Å². The van der Waals surface area contributed by atoms with E-state index in [1.165, 1.54) is 0 Å². The minimum absolute atomic E-state index is 0.176. The van der Waals surface area contributed by atoms with Crippen molar-refractivity contribution in [2.45, 2.75) is 6.54 Å². The molecule has 2 N–H and O–H groups in total. The van der Waals surface area contributed by atoms with Crippen LogP contribution in [0.25, 0.3) is 16.9 Å². The van der Waals surface area contributed by atoms with E-state index < -0.39 is 9.71 Å². The van der Waals surface area contributed by atoms with Gasteiger partial charge in [-0.05, 0) is 5.87 Å². The predicted octanol–water partition coefficient (Wildman–Crippen LogP) is 0.0323. The quantitative estimate of drug-likeness (QED) is 0.473. The Morgan fingerprint density at radius 2 is 1.79 bits per heavy atom. The van der Waals surface area contributed by atoms with Crippen molar-refractivity contribution in [2.24, 2.45) is 0 Å². The first kappa shape index (κ1) is 23.2. The zero-order valence-electron chi connectivity index (χ0n) is 18.9. The lowest BCUT2D eigenvalue weighted by molar-refractivity contribution is 0.122. The van der Waals surface area contributed by atoms with Gasteiger partial charge in [0.25, 0.3) is 0 Å². The van der Waals surface area contributed by atoms with Crippen LogP contribution < -0.4 is 10.6 Å². The topological polar surface area (TPSA) is 131 Å². The van der Waals surface area contributed by atoms with Gasteiger partial charge in [-0.25, -0.2) is 24.2 Å². The first-order valence-electron chi connectivity index (χ1n) is 10.9. The van der Waals surface area contributed by atoms with Gasteiger partial charge in [0.05, 0.1) is 19.8 Å². The lowest BCUT2D eigenvalue weighted by Crippen LogP contribution is -2.47. The van der Waals surface area contributed by atoms with Crippen molar-refractivity contribution in [2.75, 3.05) is 69.4 Å². The first-order chi connectivity index (χ1) is 16.3. The Bertz CT molecular complexity index is 1280. The summed E-state index contributed by atoms with van der Waals surface area (Å²) < 4.78 is 21.3. The highest BCUT2D eigenvalue weighted by Gasteiger charge is 2.25. The maximum absolute atomic E-state index is 12.2. The molecular weight excluding hydrogens is 480 g/mol. The van der Waals surface area contributed by atoms with Crippen LogP contribution in [0.15, 0.2) is 12.4 Å². The zero-order chi connectivity index (χ0) is 23.9. The first-order valence-corrected chi connectivity index (χ1v) is 13.4. The number of nitrogens with two attached hydrogens (primary N) is 1. The summed E-state index contributed by atoms with van der Waals surface area (Å²) in [6.45, 7) is 6.03. The van der Waals surface area contributed by atoms with Gasteiger partial charge in [0.1, 0.15) is 5.69 Å². The fourth-order valence-corrected chi connectivity index (χ4v) is 5.32. The molecule has 1 atom stereocenters. The number of aromatic nitrogens is 6. The molecule has 182 valence electrons. The number of ether oxygens (including phenoxy) is 1. The lowest BCUT2D eigenvalue weighted by atomic mass is 10.2. The van der Waals surface area contributed by atoms with Gasteiger partial charge in [0, 0.05) is 73.2 Å². The number of nitrogens with zero attached hydrogens (tertiary/aromatic N) is 9. The van der Waals surface area contributed by atoms with Crippen LogP contribution >= 0.6 is 11.6 Å². The molecular formula is C20H27ClN10O2S. The van der Waals surface area contributed by atoms with E-state index in [1.807, 2.05) is 4.31 Å². The standard InChI is InChI=1S/C20H27ClN10O2S/c1-34(2,32)30-5-3-28(4-6-30)13-15-25-19-18(29-7-9-33-10-8-29)26-16(17(21)31(19)27-15)14-11-23-20(22)24-12-14/h11-12H,1,3-10,13H2,2H3,(H2,22,23,24). The molecule has 0 saturated carbocycles. The molecule has 0 bridgehead atoms. The average molecular weight is 507 g/mol. The second-order valence-electron chi connectivity index (χ2n) is 8.43. The molecule has 3 aromatic rings. The fraction of sp³-hybridized carbons (Fsp3) is 0.500. The summed E-state index contributed by atoms with van der Waals surface area (Å²) in [6.07, 6.45) is 4.87. The number of piperazine rings is 1. The molecule has 2 fully saturated rings. The van der Waals surface area contributed by atoms with E-state index in [9.17, 15) is 4.21 Å². The molecule has 12 nitrogen and oxygen atoms in total. The van der Waals surface area contributed by atoms with Gasteiger partial charge in [-0.3, -0.25) is 9.11 Å². The smallest absolute Gasteiger partial charge is 0.219 e. The van der Waals surface area contributed by atoms with Crippen LogP contribution in [0, 0.1) is 0 Å². The molecule has 5 heterocycles. The monoisotopic (exact) mass is 506 g/mol. The number of hydrogen-bond acceptors (Lipinski definition) is 10. The molecule has 3 aromatic heterocycles. The third-order valence-electron chi connectivity index (χ3n) is 5.95. The summed E-state index contributed by atoms with van der Waals surface area (Å²) in [5.41, 5.74) is 7.39. The Hall–Kier alpha value is -2.58. The number of morpholine rings is 1. The average Bonchev–Trinajstić information content (AvgIpc) is 3.25.